The first-order valence-electron chi connectivity index (χ1n) is 22.3. The van der Waals surface area contributed by atoms with Gasteiger partial charge in [0.15, 0.2) is 9.84 Å². The summed E-state index contributed by atoms with van der Waals surface area (Å²) in [5, 5.41) is 42.7. The van der Waals surface area contributed by atoms with Crippen LogP contribution in [0.15, 0.2) is 117 Å². The van der Waals surface area contributed by atoms with E-state index in [-0.39, 0.29) is 5.41 Å². The fraction of sp³-hybridized carbons (Fsp3) is 0.455. The van der Waals surface area contributed by atoms with E-state index in [4.69, 9.17) is 7.56 Å². The van der Waals surface area contributed by atoms with Gasteiger partial charge < -0.3 is 47.3 Å². The number of nitro groups is 2. The molecule has 0 aliphatic carbocycles. The van der Waals surface area contributed by atoms with Gasteiger partial charge in [0, 0.05) is 96.3 Å². The molecular formula is C44H72B2N12O7S3. The van der Waals surface area contributed by atoms with Crippen LogP contribution in [0.25, 0.3) is 0 Å². The van der Waals surface area contributed by atoms with Crippen LogP contribution >= 0.6 is 25.6 Å². The number of hydrogen-bond donors (Lipinski definition) is 10. The number of nitrogens with one attached hydrogen (secondary N) is 8. The number of hydrogen-bond acceptors (Lipinski definition) is 19. The van der Waals surface area contributed by atoms with Crippen LogP contribution in [0, 0.1) is 20.2 Å². The molecule has 0 aliphatic rings. The molecule has 0 aromatic heterocycles. The molecule has 68 heavy (non-hydrogen) atoms. The Morgan fingerprint density at radius 3 is 1.31 bits per heavy atom. The molecule has 0 heterocycles. The summed E-state index contributed by atoms with van der Waals surface area (Å²) < 4.78 is 48.0. The molecule has 2 radical (unpaired) electrons. The fourth-order valence-electron chi connectivity index (χ4n) is 5.64. The van der Waals surface area contributed by atoms with Crippen molar-refractivity contribution >= 4 is 62.1 Å². The summed E-state index contributed by atoms with van der Waals surface area (Å²) in [6.07, 6.45) is 0.793. The van der Waals surface area contributed by atoms with Crippen LogP contribution < -0.4 is 47.3 Å². The molecule has 0 fully saturated rings. The molecule has 0 atom stereocenters. The van der Waals surface area contributed by atoms with Crippen LogP contribution in [0.2, 0.25) is 2.82 Å². The van der Waals surface area contributed by atoms with Gasteiger partial charge in [0.2, 0.25) is 0 Å². The molecular weight excluding hydrogens is 926 g/mol. The third-order valence-corrected chi connectivity index (χ3v) is 10.3. The molecule has 8 N–H and O–H groups in total. The Morgan fingerprint density at radius 1 is 0.618 bits per heavy atom. The normalized spacial score (nSPS) is 10.8. The van der Waals surface area contributed by atoms with Crippen molar-refractivity contribution in [3.05, 3.63) is 140 Å². The van der Waals surface area contributed by atoms with Gasteiger partial charge in [-0.05, 0) is 70.0 Å². The van der Waals surface area contributed by atoms with Crippen LogP contribution in [0.5, 0.6) is 5.75 Å². The number of nitrogens with zero attached hydrogens (tertiary/aromatic N) is 4. The van der Waals surface area contributed by atoms with Crippen molar-refractivity contribution in [2.24, 2.45) is 8.60 Å². The molecule has 4 rings (SSSR count). The van der Waals surface area contributed by atoms with E-state index in [1.807, 2.05) is 40.3 Å². The Balaban J connectivity index is 0. The Labute approximate surface area is 420 Å². The van der Waals surface area contributed by atoms with Gasteiger partial charge in [-0.25, -0.2) is 8.42 Å². The molecule has 374 valence electrons. The molecule has 0 bridgehead atoms. The molecule has 0 saturated carbocycles. The summed E-state index contributed by atoms with van der Waals surface area (Å²) >= 11 is 6.38. The van der Waals surface area contributed by atoms with E-state index in [0.717, 1.165) is 76.5 Å². The number of methoxy groups -OCH3 is 1. The van der Waals surface area contributed by atoms with Crippen LogP contribution in [-0.4, -0.2) is 154 Å². The predicted octanol–water partition coefficient (Wildman–Crippen LogP) is 3.53. The summed E-state index contributed by atoms with van der Waals surface area (Å²) in [5.74, 6) is 0.882. The molecule has 0 unspecified atom stereocenters. The number of non-ortho nitro benzene ring substituents is 1. The first-order chi connectivity index (χ1) is 33.4. The van der Waals surface area contributed by atoms with Crippen molar-refractivity contribution in [3.8, 4) is 5.75 Å². The second kappa shape index (κ2) is 42.6. The minimum atomic E-state index is -3.79. The van der Waals surface area contributed by atoms with E-state index in [1.165, 1.54) is 27.3 Å². The molecule has 0 amide bonds. The second-order valence-corrected chi connectivity index (χ2v) is 16.5. The van der Waals surface area contributed by atoms with Crippen molar-refractivity contribution in [2.45, 2.75) is 17.2 Å². The van der Waals surface area contributed by atoms with Gasteiger partial charge in [-0.1, -0.05) is 72.8 Å². The van der Waals surface area contributed by atoms with Crippen molar-refractivity contribution in [2.75, 3.05) is 120 Å². The standard InChI is InChI=1S/C21H20O.2C8H22N4.C7H6N2O6S.2BHNS/c1-21(17-9-5-3-6-10-17,18-11-7-4-8-12-18)19-13-15-20(22-2)16-14-19;2*1-9-3-5-11-7-8-12-6-4-10-2;1-16(14,15)7-3-2-5(8(10)11)4-6(7)9(12)13;2*1-2-3/h3-16H,1-2H3;2*9-12H,3-8H2,1-2H3;2-4H,1H3;2*3H/i/hD2. The van der Waals surface area contributed by atoms with Gasteiger partial charge in [0.25, 0.3) is 11.4 Å². The average molecular weight is 1000 g/mol. The predicted molar refractivity (Wildman–Crippen MR) is 286 cm³/mol. The quantitative estimate of drug-likeness (QED) is 0.0114. The number of benzene rings is 4. The Kier molecular flexibility index (Phi) is 38.6. The third-order valence-electron chi connectivity index (χ3n) is 9.16. The van der Waals surface area contributed by atoms with E-state index in [9.17, 15) is 28.6 Å². The molecule has 24 heteroatoms. The molecule has 0 saturated heterocycles. The number of rotatable bonds is 25. The van der Waals surface area contributed by atoms with Crippen LogP contribution in [0.1, 0.15) is 23.6 Å². The van der Waals surface area contributed by atoms with Gasteiger partial charge in [-0.2, -0.15) is 0 Å². The zero-order chi connectivity index (χ0) is 53.2. The van der Waals surface area contributed by atoms with E-state index >= 15 is 0 Å². The summed E-state index contributed by atoms with van der Waals surface area (Å²) in [6.45, 7) is 12.8. The topological polar surface area (TPSA) is 251 Å². The zero-order valence-electron chi connectivity index (χ0n) is 42.3. The number of sulfone groups is 1. The van der Waals surface area contributed by atoms with Crippen LogP contribution in [0.4, 0.5) is 11.4 Å². The molecule has 4 aromatic carbocycles. The minimum absolute atomic E-state index is 0.186. The van der Waals surface area contributed by atoms with Crippen molar-refractivity contribution in [1.82, 2.24) is 42.5 Å². The number of thiol groups is 2. The Morgan fingerprint density at radius 2 is 0.971 bits per heavy atom. The van der Waals surface area contributed by atoms with Gasteiger partial charge >= 0.3 is 49.5 Å². The number of ether oxygens (including phenoxy) is 1. The third kappa shape index (κ3) is 30.1. The maximum absolute atomic E-state index is 11.2. The van der Waals surface area contributed by atoms with E-state index in [0.29, 0.717) is 32.2 Å². The maximum atomic E-state index is 11.2. The van der Waals surface area contributed by atoms with Gasteiger partial charge in [0.1, 0.15) is 13.5 Å². The van der Waals surface area contributed by atoms with Gasteiger partial charge in [-0.3, -0.25) is 20.2 Å². The van der Waals surface area contributed by atoms with Crippen LogP contribution in [0.3, 0.4) is 0 Å². The summed E-state index contributed by atoms with van der Waals surface area (Å²) in [5.41, 5.74) is 2.31. The van der Waals surface area contributed by atoms with E-state index in [1.54, 1.807) is 7.11 Å². The summed E-state index contributed by atoms with van der Waals surface area (Å²) in [4.78, 5) is 18.6. The van der Waals surface area contributed by atoms with Gasteiger partial charge in [-0.15, -0.1) is 0 Å². The van der Waals surface area contributed by atoms with Gasteiger partial charge in [0.05, 0.1) is 23.0 Å². The Hall–Kier alpha value is -4.46. The molecule has 19 nitrogen and oxygen atoms in total. The first kappa shape index (κ1) is 61.6. The molecule has 0 aliphatic heterocycles. The summed E-state index contributed by atoms with van der Waals surface area (Å²) in [6, 6.07) is 32.0. The Bertz CT molecular complexity index is 2030. The number of nitro benzene ring substituents is 2. The van der Waals surface area contributed by atoms with E-state index < -0.39 is 36.0 Å². The van der Waals surface area contributed by atoms with Crippen molar-refractivity contribution in [1.29, 1.82) is 0 Å². The van der Waals surface area contributed by atoms with Crippen molar-refractivity contribution < 1.29 is 25.8 Å². The molecule has 0 spiro atoms. The summed E-state index contributed by atoms with van der Waals surface area (Å²) in [7, 11) is 14.3. The zero-order valence-corrected chi connectivity index (χ0v) is 42.9. The second-order valence-electron chi connectivity index (χ2n) is 14.0. The van der Waals surface area contributed by atoms with Crippen molar-refractivity contribution in [3.63, 3.8) is 0 Å². The average Bonchev–Trinajstić information content (AvgIpc) is 3.36. The number of likely N-dealkylation sites (N-methyl/N-ethyl adjacent to an activating group) is 4. The molecule has 4 aromatic rings. The fourth-order valence-corrected chi connectivity index (χ4v) is 6.47. The van der Waals surface area contributed by atoms with Crippen LogP contribution in [-0.2, 0) is 15.3 Å². The monoisotopic (exact) mass is 1000 g/mol. The first-order valence-corrected chi connectivity index (χ1v) is 24.1. The van der Waals surface area contributed by atoms with E-state index in [2.05, 4.69) is 161 Å². The SMILES string of the molecule is CNCCNCCNCCNC.COc1ccc(C(C)(c2ccccc2)c2ccccc2)cc1.CS(=O)(=O)c1ccc([N+](=O)[O-])cc1[N+](=O)[O-].[2H]N(CCNC)CCN([2H])CCNC.[B]=NS.[B]=NS.